The van der Waals surface area contributed by atoms with Gasteiger partial charge in [-0.15, -0.1) is 0 Å². The molecule has 0 atom stereocenters. The van der Waals surface area contributed by atoms with E-state index in [0.717, 1.165) is 6.61 Å². The molecule has 0 amide bonds. The first-order valence-electron chi connectivity index (χ1n) is 7.53. The van der Waals surface area contributed by atoms with Crippen molar-refractivity contribution in [1.29, 1.82) is 0 Å². The van der Waals surface area contributed by atoms with Crippen LogP contribution in [0.1, 0.15) is 64.7 Å². The first kappa shape index (κ1) is 15.0. The summed E-state index contributed by atoms with van der Waals surface area (Å²) in [4.78, 5) is 0. The van der Waals surface area contributed by atoms with Crippen LogP contribution in [0, 0.1) is 5.41 Å². The van der Waals surface area contributed by atoms with Gasteiger partial charge in [0, 0.05) is 20.3 Å². The van der Waals surface area contributed by atoms with E-state index in [4.69, 9.17) is 4.74 Å². The summed E-state index contributed by atoms with van der Waals surface area (Å²) >= 11 is 0. The van der Waals surface area contributed by atoms with Gasteiger partial charge in [-0.25, -0.2) is 0 Å². The van der Waals surface area contributed by atoms with Crippen molar-refractivity contribution in [2.45, 2.75) is 64.7 Å². The Morgan fingerprint density at radius 3 is 2.41 bits per heavy atom. The molecule has 0 bridgehead atoms. The lowest BCUT2D eigenvalue weighted by Crippen LogP contribution is -2.25. The van der Waals surface area contributed by atoms with Gasteiger partial charge in [-0.05, 0) is 37.6 Å². The van der Waals surface area contributed by atoms with Gasteiger partial charge in [0.15, 0.2) is 0 Å². The minimum absolute atomic E-state index is 0.609. The number of rotatable bonds is 12. The number of hydrogen-bond acceptors (Lipinski definition) is 2. The van der Waals surface area contributed by atoms with Gasteiger partial charge in [0.1, 0.15) is 0 Å². The van der Waals surface area contributed by atoms with Crippen molar-refractivity contribution in [2.24, 2.45) is 5.41 Å². The summed E-state index contributed by atoms with van der Waals surface area (Å²) in [6.07, 6.45) is 12.4. The Balaban J connectivity index is 1.84. The summed E-state index contributed by atoms with van der Waals surface area (Å²) in [5.41, 5.74) is 0.609. The van der Waals surface area contributed by atoms with Crippen molar-refractivity contribution in [1.82, 2.24) is 5.32 Å². The van der Waals surface area contributed by atoms with Crippen molar-refractivity contribution in [3.63, 3.8) is 0 Å². The molecule has 0 aromatic carbocycles. The van der Waals surface area contributed by atoms with Crippen LogP contribution in [-0.4, -0.2) is 26.8 Å². The molecule has 1 rings (SSSR count). The van der Waals surface area contributed by atoms with Crippen LogP contribution in [0.15, 0.2) is 0 Å². The first-order chi connectivity index (χ1) is 8.33. The molecular formula is C15H31NO. The van der Waals surface area contributed by atoms with E-state index in [1.807, 2.05) is 0 Å². The van der Waals surface area contributed by atoms with Crippen LogP contribution in [0.2, 0.25) is 0 Å². The van der Waals surface area contributed by atoms with Crippen LogP contribution < -0.4 is 5.32 Å². The van der Waals surface area contributed by atoms with Crippen LogP contribution in [0.5, 0.6) is 0 Å². The van der Waals surface area contributed by atoms with E-state index in [-0.39, 0.29) is 0 Å². The molecule has 1 N–H and O–H groups in total. The fraction of sp³-hybridized carbons (Fsp3) is 1.00. The molecule has 0 spiro atoms. The fourth-order valence-electron chi connectivity index (χ4n) is 2.39. The molecule has 0 saturated heterocycles. The molecule has 17 heavy (non-hydrogen) atoms. The maximum absolute atomic E-state index is 5.17. The lowest BCUT2D eigenvalue weighted by Gasteiger charge is -2.15. The second kappa shape index (κ2) is 8.93. The van der Waals surface area contributed by atoms with Gasteiger partial charge in [0.2, 0.25) is 0 Å². The van der Waals surface area contributed by atoms with Crippen LogP contribution in [-0.2, 0) is 4.74 Å². The van der Waals surface area contributed by atoms with E-state index >= 15 is 0 Å². The second-order valence-electron chi connectivity index (χ2n) is 5.69. The van der Waals surface area contributed by atoms with Crippen molar-refractivity contribution < 1.29 is 4.74 Å². The van der Waals surface area contributed by atoms with E-state index in [0.29, 0.717) is 5.41 Å². The van der Waals surface area contributed by atoms with Crippen LogP contribution in [0.4, 0.5) is 0 Å². The van der Waals surface area contributed by atoms with E-state index in [1.54, 1.807) is 7.11 Å². The zero-order chi connectivity index (χ0) is 12.4. The van der Waals surface area contributed by atoms with Gasteiger partial charge < -0.3 is 10.1 Å². The zero-order valence-electron chi connectivity index (χ0n) is 11.9. The zero-order valence-corrected chi connectivity index (χ0v) is 11.9. The Morgan fingerprint density at radius 1 is 1.06 bits per heavy atom. The van der Waals surface area contributed by atoms with Crippen molar-refractivity contribution in [3.8, 4) is 0 Å². The fourth-order valence-corrected chi connectivity index (χ4v) is 2.39. The van der Waals surface area contributed by atoms with Gasteiger partial charge in [-0.3, -0.25) is 0 Å². The summed E-state index contributed by atoms with van der Waals surface area (Å²) in [5, 5.41) is 3.63. The highest BCUT2D eigenvalue weighted by Crippen LogP contribution is 2.48. The molecule has 0 aromatic rings. The third kappa shape index (κ3) is 7.05. The molecule has 0 heterocycles. The lowest BCUT2D eigenvalue weighted by molar-refractivity contribution is 0.171. The maximum atomic E-state index is 5.17. The third-order valence-electron chi connectivity index (χ3n) is 4.00. The van der Waals surface area contributed by atoms with E-state index in [2.05, 4.69) is 12.2 Å². The van der Waals surface area contributed by atoms with Crippen LogP contribution in [0.3, 0.4) is 0 Å². The van der Waals surface area contributed by atoms with Crippen molar-refractivity contribution >= 4 is 0 Å². The number of ether oxygens (including phenoxy) is 1. The third-order valence-corrected chi connectivity index (χ3v) is 4.00. The summed E-state index contributed by atoms with van der Waals surface area (Å²) in [6, 6.07) is 0. The monoisotopic (exact) mass is 241 g/mol. The molecule has 1 saturated carbocycles. The summed E-state index contributed by atoms with van der Waals surface area (Å²) in [5.74, 6) is 0. The summed E-state index contributed by atoms with van der Waals surface area (Å²) < 4.78 is 5.17. The van der Waals surface area contributed by atoms with Gasteiger partial charge in [0.25, 0.3) is 0 Å². The highest BCUT2D eigenvalue weighted by molar-refractivity contribution is 4.94. The number of methoxy groups -OCH3 is 1. The Hall–Kier alpha value is -0.0800. The molecule has 1 fully saturated rings. The molecular weight excluding hydrogens is 210 g/mol. The van der Waals surface area contributed by atoms with Gasteiger partial charge >= 0.3 is 0 Å². The molecule has 1 aliphatic rings. The Labute approximate surface area is 108 Å². The SMILES string of the molecule is CCCCCCCCNCC1(CCOC)CC1. The van der Waals surface area contributed by atoms with Gasteiger partial charge in [0.05, 0.1) is 0 Å². The smallest absolute Gasteiger partial charge is 0.0468 e. The van der Waals surface area contributed by atoms with Crippen molar-refractivity contribution in [2.75, 3.05) is 26.8 Å². The summed E-state index contributed by atoms with van der Waals surface area (Å²) in [6.45, 7) is 5.63. The minimum atomic E-state index is 0.609. The van der Waals surface area contributed by atoms with Crippen molar-refractivity contribution in [3.05, 3.63) is 0 Å². The molecule has 0 aliphatic heterocycles. The Kier molecular flexibility index (Phi) is 7.87. The topological polar surface area (TPSA) is 21.3 Å². The predicted molar refractivity (Wildman–Crippen MR) is 74.4 cm³/mol. The Morgan fingerprint density at radius 2 is 1.76 bits per heavy atom. The molecule has 2 nitrogen and oxygen atoms in total. The van der Waals surface area contributed by atoms with E-state index in [9.17, 15) is 0 Å². The number of unbranched alkanes of at least 4 members (excludes halogenated alkanes) is 5. The molecule has 0 unspecified atom stereocenters. The molecule has 102 valence electrons. The van der Waals surface area contributed by atoms with Gasteiger partial charge in [-0.2, -0.15) is 0 Å². The average molecular weight is 241 g/mol. The standard InChI is InChI=1S/C15H31NO/c1-3-4-5-6-7-8-12-16-14-15(9-10-15)11-13-17-2/h16H,3-14H2,1-2H3. The normalized spacial score (nSPS) is 17.3. The average Bonchev–Trinajstić information content (AvgIpc) is 3.11. The Bertz CT molecular complexity index is 178. The predicted octanol–water partition coefficient (Wildman–Crippen LogP) is 3.75. The van der Waals surface area contributed by atoms with E-state index in [1.165, 1.54) is 70.9 Å². The molecule has 0 radical (unpaired) electrons. The summed E-state index contributed by atoms with van der Waals surface area (Å²) in [7, 11) is 1.81. The quantitative estimate of drug-likeness (QED) is 0.525. The van der Waals surface area contributed by atoms with Crippen LogP contribution in [0.25, 0.3) is 0 Å². The first-order valence-corrected chi connectivity index (χ1v) is 7.53. The van der Waals surface area contributed by atoms with Gasteiger partial charge in [-0.1, -0.05) is 39.0 Å². The number of hydrogen-bond donors (Lipinski definition) is 1. The lowest BCUT2D eigenvalue weighted by atomic mass is 10.0. The highest BCUT2D eigenvalue weighted by atomic mass is 16.5. The minimum Gasteiger partial charge on any atom is -0.385 e. The molecule has 0 aromatic heterocycles. The second-order valence-corrected chi connectivity index (χ2v) is 5.69. The number of nitrogens with one attached hydrogen (secondary N) is 1. The maximum Gasteiger partial charge on any atom is 0.0468 e. The highest BCUT2D eigenvalue weighted by Gasteiger charge is 2.41. The largest absolute Gasteiger partial charge is 0.385 e. The molecule has 1 aliphatic carbocycles. The van der Waals surface area contributed by atoms with Crippen LogP contribution >= 0.6 is 0 Å². The molecule has 2 heteroatoms. The van der Waals surface area contributed by atoms with E-state index < -0.39 is 0 Å².